The molecule has 142 valence electrons. The molecule has 6 nitrogen and oxygen atoms in total. The maximum Gasteiger partial charge on any atom is 0.117 e. The van der Waals surface area contributed by atoms with Gasteiger partial charge >= 0.3 is 0 Å². The molecule has 0 N–H and O–H groups in total. The Morgan fingerprint density at radius 3 is 2.96 bits per heavy atom. The van der Waals surface area contributed by atoms with Gasteiger partial charge in [-0.3, -0.25) is 9.58 Å². The molecular formula is C20H29N3O3. The van der Waals surface area contributed by atoms with Gasteiger partial charge in [-0.2, -0.15) is 5.10 Å². The number of hydrogen-bond acceptors (Lipinski definition) is 5. The van der Waals surface area contributed by atoms with E-state index in [0.717, 1.165) is 64.5 Å². The first kappa shape index (κ1) is 17.8. The van der Waals surface area contributed by atoms with Crippen LogP contribution in [0.5, 0.6) is 0 Å². The Balaban J connectivity index is 1.56. The molecule has 4 rings (SSSR count). The van der Waals surface area contributed by atoms with E-state index in [-0.39, 0.29) is 6.04 Å². The molecule has 0 amide bonds. The minimum absolute atomic E-state index is 0.228. The van der Waals surface area contributed by atoms with Gasteiger partial charge in [-0.15, -0.1) is 0 Å². The van der Waals surface area contributed by atoms with Crippen LogP contribution >= 0.6 is 0 Å². The van der Waals surface area contributed by atoms with Crippen molar-refractivity contribution in [3.05, 3.63) is 41.6 Å². The molecule has 1 saturated heterocycles. The normalized spacial score (nSPS) is 21.8. The zero-order valence-corrected chi connectivity index (χ0v) is 15.6. The van der Waals surface area contributed by atoms with Crippen LogP contribution in [-0.2, 0) is 29.0 Å². The number of fused-ring (bicyclic) bond motifs is 1. The van der Waals surface area contributed by atoms with E-state index < -0.39 is 0 Å². The fourth-order valence-electron chi connectivity index (χ4n) is 4.13. The molecule has 1 atom stereocenters. The quantitative estimate of drug-likeness (QED) is 0.761. The average Bonchev–Trinajstić information content (AvgIpc) is 3.32. The van der Waals surface area contributed by atoms with E-state index >= 15 is 0 Å². The summed E-state index contributed by atoms with van der Waals surface area (Å²) in [5, 5.41) is 4.75. The molecule has 0 spiro atoms. The summed E-state index contributed by atoms with van der Waals surface area (Å²) in [6, 6.07) is 4.23. The number of furan rings is 1. The highest BCUT2D eigenvalue weighted by Gasteiger charge is 2.32. The predicted molar refractivity (Wildman–Crippen MR) is 97.8 cm³/mol. The maximum atomic E-state index is 5.86. The van der Waals surface area contributed by atoms with Crippen LogP contribution in [0.1, 0.15) is 42.8 Å². The highest BCUT2D eigenvalue weighted by Crippen LogP contribution is 2.32. The Kier molecular flexibility index (Phi) is 5.72. The maximum absolute atomic E-state index is 5.86. The van der Waals surface area contributed by atoms with Crippen LogP contribution in [-0.4, -0.2) is 47.7 Å². The number of hydrogen-bond donors (Lipinski definition) is 0. The molecule has 0 bridgehead atoms. The van der Waals surface area contributed by atoms with Gasteiger partial charge in [0.15, 0.2) is 0 Å². The van der Waals surface area contributed by atoms with Gasteiger partial charge in [0.05, 0.1) is 37.3 Å². The van der Waals surface area contributed by atoms with Crippen molar-refractivity contribution in [1.29, 1.82) is 0 Å². The average molecular weight is 359 g/mol. The SMILES string of the molecule is CCOC[C@@H]1c2c(cnn2CC2CCOCC2)CCN1Cc1ccco1. The first-order chi connectivity index (χ1) is 12.8. The van der Waals surface area contributed by atoms with Crippen LogP contribution in [0.25, 0.3) is 0 Å². The van der Waals surface area contributed by atoms with Crippen LogP contribution in [0.2, 0.25) is 0 Å². The number of nitrogens with zero attached hydrogens (tertiary/aromatic N) is 3. The third-order valence-electron chi connectivity index (χ3n) is 5.58. The van der Waals surface area contributed by atoms with Crippen molar-refractivity contribution in [3.63, 3.8) is 0 Å². The van der Waals surface area contributed by atoms with Gasteiger partial charge in [0, 0.05) is 32.9 Å². The lowest BCUT2D eigenvalue weighted by Gasteiger charge is -2.36. The van der Waals surface area contributed by atoms with Gasteiger partial charge in [0.25, 0.3) is 0 Å². The first-order valence-corrected chi connectivity index (χ1v) is 9.81. The smallest absolute Gasteiger partial charge is 0.117 e. The molecule has 4 heterocycles. The van der Waals surface area contributed by atoms with Gasteiger partial charge in [-0.25, -0.2) is 0 Å². The second-order valence-electron chi connectivity index (χ2n) is 7.27. The molecule has 2 aliphatic heterocycles. The highest BCUT2D eigenvalue weighted by molar-refractivity contribution is 5.25. The topological polar surface area (TPSA) is 52.7 Å². The molecule has 1 fully saturated rings. The Hall–Kier alpha value is -1.63. The molecule has 0 unspecified atom stereocenters. The molecule has 2 aromatic rings. The van der Waals surface area contributed by atoms with Crippen molar-refractivity contribution < 1.29 is 13.9 Å². The summed E-state index contributed by atoms with van der Waals surface area (Å²) in [6.45, 7) is 8.04. The van der Waals surface area contributed by atoms with E-state index in [1.165, 1.54) is 11.3 Å². The summed E-state index contributed by atoms with van der Waals surface area (Å²) in [5.41, 5.74) is 2.71. The fourth-order valence-corrected chi connectivity index (χ4v) is 4.13. The zero-order valence-electron chi connectivity index (χ0n) is 15.6. The summed E-state index contributed by atoms with van der Waals surface area (Å²) in [4.78, 5) is 2.47. The van der Waals surface area contributed by atoms with Crippen LogP contribution in [0, 0.1) is 5.92 Å². The lowest BCUT2D eigenvalue weighted by molar-refractivity contribution is 0.0430. The minimum atomic E-state index is 0.228. The second-order valence-corrected chi connectivity index (χ2v) is 7.27. The van der Waals surface area contributed by atoms with Crippen LogP contribution < -0.4 is 0 Å². The van der Waals surface area contributed by atoms with Crippen molar-refractivity contribution in [3.8, 4) is 0 Å². The molecule has 2 aliphatic rings. The van der Waals surface area contributed by atoms with Crippen molar-refractivity contribution in [2.75, 3.05) is 33.0 Å². The Morgan fingerprint density at radius 2 is 2.19 bits per heavy atom. The van der Waals surface area contributed by atoms with Gasteiger partial charge < -0.3 is 13.9 Å². The summed E-state index contributed by atoms with van der Waals surface area (Å²) >= 11 is 0. The molecule has 26 heavy (non-hydrogen) atoms. The third-order valence-corrected chi connectivity index (χ3v) is 5.58. The van der Waals surface area contributed by atoms with Crippen LogP contribution in [0.4, 0.5) is 0 Å². The van der Waals surface area contributed by atoms with E-state index in [2.05, 4.69) is 22.7 Å². The van der Waals surface area contributed by atoms with Gasteiger partial charge in [-0.05, 0) is 49.8 Å². The van der Waals surface area contributed by atoms with Crippen LogP contribution in [0.15, 0.2) is 29.0 Å². The van der Waals surface area contributed by atoms with Gasteiger partial charge in [0.1, 0.15) is 5.76 Å². The first-order valence-electron chi connectivity index (χ1n) is 9.81. The van der Waals surface area contributed by atoms with E-state index in [4.69, 9.17) is 19.0 Å². The summed E-state index contributed by atoms with van der Waals surface area (Å²) in [7, 11) is 0. The van der Waals surface area contributed by atoms with E-state index in [9.17, 15) is 0 Å². The zero-order chi connectivity index (χ0) is 17.8. The molecule has 0 aliphatic carbocycles. The molecule has 6 heteroatoms. The predicted octanol–water partition coefficient (Wildman–Crippen LogP) is 3.04. The van der Waals surface area contributed by atoms with Crippen molar-refractivity contribution in [2.45, 2.75) is 45.3 Å². The minimum Gasteiger partial charge on any atom is -0.468 e. The largest absolute Gasteiger partial charge is 0.468 e. The molecule has 0 saturated carbocycles. The molecule has 2 aromatic heterocycles. The van der Waals surface area contributed by atoms with E-state index in [0.29, 0.717) is 12.5 Å². The Labute approximate surface area is 155 Å². The lowest BCUT2D eigenvalue weighted by Crippen LogP contribution is -2.39. The number of aromatic nitrogens is 2. The van der Waals surface area contributed by atoms with Gasteiger partial charge in [0.2, 0.25) is 0 Å². The fraction of sp³-hybridized carbons (Fsp3) is 0.650. The highest BCUT2D eigenvalue weighted by atomic mass is 16.5. The Morgan fingerprint density at radius 1 is 1.31 bits per heavy atom. The van der Waals surface area contributed by atoms with Crippen molar-refractivity contribution >= 4 is 0 Å². The summed E-state index contributed by atoms with van der Waals surface area (Å²) in [6.07, 6.45) is 7.10. The van der Waals surface area contributed by atoms with E-state index in [1.807, 2.05) is 12.1 Å². The third kappa shape index (κ3) is 3.87. The van der Waals surface area contributed by atoms with E-state index in [1.54, 1.807) is 6.26 Å². The second kappa shape index (κ2) is 8.37. The van der Waals surface area contributed by atoms with Crippen molar-refractivity contribution in [2.24, 2.45) is 5.92 Å². The lowest BCUT2D eigenvalue weighted by atomic mass is 9.97. The summed E-state index contributed by atoms with van der Waals surface area (Å²) < 4.78 is 19.2. The summed E-state index contributed by atoms with van der Waals surface area (Å²) in [5.74, 6) is 1.66. The molecule has 0 radical (unpaired) electrons. The molecule has 0 aromatic carbocycles. The standard InChI is InChI=1S/C20H29N3O3/c1-2-24-15-19-20-17(5-8-22(19)14-18-4-3-9-26-18)12-21-23(20)13-16-6-10-25-11-7-16/h3-4,9,12,16,19H,2,5-8,10-11,13-15H2,1H3/t19-/m1/s1. The monoisotopic (exact) mass is 359 g/mol. The van der Waals surface area contributed by atoms with Gasteiger partial charge in [-0.1, -0.05) is 0 Å². The van der Waals surface area contributed by atoms with Crippen molar-refractivity contribution in [1.82, 2.24) is 14.7 Å². The molecular weight excluding hydrogens is 330 g/mol. The number of ether oxygens (including phenoxy) is 2. The number of rotatable bonds is 7. The Bertz CT molecular complexity index is 677. The van der Waals surface area contributed by atoms with Crippen LogP contribution in [0.3, 0.4) is 0 Å².